The van der Waals surface area contributed by atoms with Gasteiger partial charge < -0.3 is 14.8 Å². The Morgan fingerprint density at radius 3 is 2.60 bits per heavy atom. The summed E-state index contributed by atoms with van der Waals surface area (Å²) in [5.41, 5.74) is 0.712. The molecule has 0 aromatic carbocycles. The minimum absolute atomic E-state index is 0.477. The number of rotatable bonds is 4. The predicted molar refractivity (Wildman–Crippen MR) is 62.5 cm³/mol. The Morgan fingerprint density at radius 2 is 2.13 bits per heavy atom. The third-order valence-electron chi connectivity index (χ3n) is 2.48. The average molecular weight is 209 g/mol. The third-order valence-corrected chi connectivity index (χ3v) is 2.48. The summed E-state index contributed by atoms with van der Waals surface area (Å²) in [5.74, 6) is 1.36. The normalized spacial score (nSPS) is 10.1. The molecule has 0 unspecified atom stereocenters. The first-order chi connectivity index (χ1) is 7.15. The molecule has 0 fully saturated rings. The van der Waals surface area contributed by atoms with Crippen LogP contribution in [0.4, 0.5) is 5.82 Å². The molecule has 0 radical (unpaired) electrons. The maximum atomic E-state index is 8.05. The number of hydrogen-bond donors (Lipinski definition) is 2. The van der Waals surface area contributed by atoms with E-state index >= 15 is 0 Å². The third kappa shape index (κ3) is 2.11. The SMILES string of the molecule is CCN(CC)C(=N)c1ncn(C)c1NC. The molecule has 0 spiro atoms. The molecule has 1 aromatic heterocycles. The van der Waals surface area contributed by atoms with Crippen molar-refractivity contribution in [2.75, 3.05) is 25.5 Å². The van der Waals surface area contributed by atoms with E-state index in [-0.39, 0.29) is 0 Å². The topological polar surface area (TPSA) is 56.9 Å². The van der Waals surface area contributed by atoms with Gasteiger partial charge >= 0.3 is 0 Å². The van der Waals surface area contributed by atoms with E-state index in [1.807, 2.05) is 37.4 Å². The van der Waals surface area contributed by atoms with Gasteiger partial charge in [-0.3, -0.25) is 5.41 Å². The Hall–Kier alpha value is -1.52. The molecule has 0 aliphatic rings. The number of aromatic nitrogens is 2. The lowest BCUT2D eigenvalue weighted by Gasteiger charge is -2.20. The number of nitrogens with one attached hydrogen (secondary N) is 2. The zero-order valence-electron chi connectivity index (χ0n) is 9.83. The van der Waals surface area contributed by atoms with Crippen LogP contribution in [0.2, 0.25) is 0 Å². The van der Waals surface area contributed by atoms with E-state index in [9.17, 15) is 0 Å². The summed E-state index contributed by atoms with van der Waals surface area (Å²) in [7, 11) is 3.76. The number of aryl methyl sites for hydroxylation is 1. The van der Waals surface area contributed by atoms with E-state index < -0.39 is 0 Å². The van der Waals surface area contributed by atoms with Gasteiger partial charge in [-0.2, -0.15) is 0 Å². The number of hydrogen-bond acceptors (Lipinski definition) is 3. The second-order valence-electron chi connectivity index (χ2n) is 3.32. The lowest BCUT2D eigenvalue weighted by Crippen LogP contribution is -2.31. The fourth-order valence-electron chi connectivity index (χ4n) is 1.59. The minimum atomic E-state index is 0.477. The summed E-state index contributed by atoms with van der Waals surface area (Å²) in [6.45, 7) is 5.74. The molecule has 84 valence electrons. The molecule has 0 bridgehead atoms. The van der Waals surface area contributed by atoms with Gasteiger partial charge in [-0.25, -0.2) is 4.98 Å². The molecule has 0 saturated carbocycles. The van der Waals surface area contributed by atoms with Gasteiger partial charge in [0.15, 0.2) is 5.84 Å². The van der Waals surface area contributed by atoms with Gasteiger partial charge in [0.05, 0.1) is 6.33 Å². The first kappa shape index (κ1) is 11.6. The van der Waals surface area contributed by atoms with Gasteiger partial charge in [0, 0.05) is 27.2 Å². The van der Waals surface area contributed by atoms with Crippen LogP contribution in [0.25, 0.3) is 0 Å². The van der Waals surface area contributed by atoms with Crippen LogP contribution < -0.4 is 5.32 Å². The Bertz CT molecular complexity index is 338. The van der Waals surface area contributed by atoms with Gasteiger partial charge in [0.25, 0.3) is 0 Å². The molecule has 5 nitrogen and oxygen atoms in total. The lowest BCUT2D eigenvalue weighted by molar-refractivity contribution is 0.462. The summed E-state index contributed by atoms with van der Waals surface area (Å²) in [4.78, 5) is 6.21. The van der Waals surface area contributed by atoms with Gasteiger partial charge in [-0.05, 0) is 13.8 Å². The number of amidine groups is 1. The molecule has 1 heterocycles. The Kier molecular flexibility index (Phi) is 3.71. The Balaban J connectivity index is 3.00. The van der Waals surface area contributed by atoms with Crippen molar-refractivity contribution in [2.24, 2.45) is 7.05 Å². The standard InChI is InChI=1S/C10H19N5/c1-5-15(6-2)9(11)8-10(12-3)14(4)7-13-8/h7,11-12H,5-6H2,1-4H3. The molecule has 0 aliphatic heterocycles. The zero-order valence-corrected chi connectivity index (χ0v) is 9.83. The fourth-order valence-corrected chi connectivity index (χ4v) is 1.59. The van der Waals surface area contributed by atoms with E-state index in [1.165, 1.54) is 0 Å². The summed E-state index contributed by atoms with van der Waals surface area (Å²) < 4.78 is 1.88. The van der Waals surface area contributed by atoms with Crippen molar-refractivity contribution in [2.45, 2.75) is 13.8 Å². The summed E-state index contributed by atoms with van der Waals surface area (Å²) in [6.07, 6.45) is 1.72. The number of nitrogens with zero attached hydrogens (tertiary/aromatic N) is 3. The molecule has 1 rings (SSSR count). The molecule has 5 heteroatoms. The van der Waals surface area contributed by atoms with E-state index in [2.05, 4.69) is 10.3 Å². The van der Waals surface area contributed by atoms with Crippen molar-refractivity contribution in [1.29, 1.82) is 5.41 Å². The first-order valence-electron chi connectivity index (χ1n) is 5.18. The molecule has 2 N–H and O–H groups in total. The summed E-state index contributed by atoms with van der Waals surface area (Å²) in [6, 6.07) is 0. The monoisotopic (exact) mass is 209 g/mol. The van der Waals surface area contributed by atoms with Crippen LogP contribution in [-0.2, 0) is 7.05 Å². The van der Waals surface area contributed by atoms with Crippen LogP contribution in [0, 0.1) is 5.41 Å². The molecule has 1 aromatic rings. The average Bonchev–Trinajstić information content (AvgIpc) is 2.61. The van der Waals surface area contributed by atoms with E-state index in [0.29, 0.717) is 11.5 Å². The Morgan fingerprint density at radius 1 is 1.53 bits per heavy atom. The van der Waals surface area contributed by atoms with E-state index in [4.69, 9.17) is 5.41 Å². The molecule has 0 atom stereocenters. The van der Waals surface area contributed by atoms with Gasteiger partial charge in [0.1, 0.15) is 11.5 Å². The summed E-state index contributed by atoms with van der Waals surface area (Å²) >= 11 is 0. The van der Waals surface area contributed by atoms with Gasteiger partial charge in [-0.15, -0.1) is 0 Å². The van der Waals surface area contributed by atoms with Crippen molar-refractivity contribution in [1.82, 2.24) is 14.5 Å². The molecule has 0 amide bonds. The number of anilines is 1. The van der Waals surface area contributed by atoms with Gasteiger partial charge in [-0.1, -0.05) is 0 Å². The predicted octanol–water partition coefficient (Wildman–Crippen LogP) is 1.13. The van der Waals surface area contributed by atoms with Crippen molar-refractivity contribution in [3.05, 3.63) is 12.0 Å². The molecular formula is C10H19N5. The zero-order chi connectivity index (χ0) is 11.4. The van der Waals surface area contributed by atoms with E-state index in [0.717, 1.165) is 18.9 Å². The lowest BCUT2D eigenvalue weighted by atomic mass is 10.3. The molecular weight excluding hydrogens is 190 g/mol. The molecule has 15 heavy (non-hydrogen) atoms. The summed E-state index contributed by atoms with van der Waals surface area (Å²) in [5, 5.41) is 11.1. The smallest absolute Gasteiger partial charge is 0.150 e. The van der Waals surface area contributed by atoms with Crippen LogP contribution in [-0.4, -0.2) is 40.4 Å². The number of imidazole rings is 1. The van der Waals surface area contributed by atoms with Crippen molar-refractivity contribution in [3.8, 4) is 0 Å². The molecule has 0 saturated heterocycles. The largest absolute Gasteiger partial charge is 0.373 e. The van der Waals surface area contributed by atoms with Crippen LogP contribution in [0.5, 0.6) is 0 Å². The highest BCUT2D eigenvalue weighted by atomic mass is 15.2. The van der Waals surface area contributed by atoms with Gasteiger partial charge in [0.2, 0.25) is 0 Å². The van der Waals surface area contributed by atoms with Crippen LogP contribution in [0.15, 0.2) is 6.33 Å². The fraction of sp³-hybridized carbons (Fsp3) is 0.600. The van der Waals surface area contributed by atoms with Crippen LogP contribution in [0.1, 0.15) is 19.5 Å². The van der Waals surface area contributed by atoms with E-state index in [1.54, 1.807) is 6.33 Å². The maximum Gasteiger partial charge on any atom is 0.150 e. The van der Waals surface area contributed by atoms with Crippen molar-refractivity contribution < 1.29 is 0 Å². The van der Waals surface area contributed by atoms with Crippen LogP contribution >= 0.6 is 0 Å². The highest BCUT2D eigenvalue weighted by Gasteiger charge is 2.16. The maximum absolute atomic E-state index is 8.05. The highest BCUT2D eigenvalue weighted by molar-refractivity contribution is 5.98. The second-order valence-corrected chi connectivity index (χ2v) is 3.32. The second kappa shape index (κ2) is 4.82. The Labute approximate surface area is 90.6 Å². The highest BCUT2D eigenvalue weighted by Crippen LogP contribution is 2.14. The minimum Gasteiger partial charge on any atom is -0.373 e. The quantitative estimate of drug-likeness (QED) is 0.577. The van der Waals surface area contributed by atoms with Crippen molar-refractivity contribution in [3.63, 3.8) is 0 Å². The van der Waals surface area contributed by atoms with Crippen molar-refractivity contribution >= 4 is 11.7 Å². The first-order valence-corrected chi connectivity index (χ1v) is 5.18. The molecule has 0 aliphatic carbocycles. The van der Waals surface area contributed by atoms with Crippen LogP contribution in [0.3, 0.4) is 0 Å².